The third-order valence-electron chi connectivity index (χ3n) is 2.61. The normalized spacial score (nSPS) is 13.5. The molecule has 0 aromatic carbocycles. The molecule has 74 valence electrons. The van der Waals surface area contributed by atoms with Crippen LogP contribution in [0.25, 0.3) is 0 Å². The van der Waals surface area contributed by atoms with Gasteiger partial charge in [-0.15, -0.1) is 0 Å². The first-order chi connectivity index (χ1) is 5.37. The van der Waals surface area contributed by atoms with Crippen LogP contribution in [0.15, 0.2) is 0 Å². The van der Waals surface area contributed by atoms with E-state index in [2.05, 4.69) is 0 Å². The first kappa shape index (κ1) is 11.9. The van der Waals surface area contributed by atoms with Gasteiger partial charge in [0.1, 0.15) is 0 Å². The fourth-order valence-electron chi connectivity index (χ4n) is 1.27. The van der Waals surface area contributed by atoms with E-state index in [0.29, 0.717) is 12.8 Å². The summed E-state index contributed by atoms with van der Waals surface area (Å²) in [6.45, 7) is 6.23. The second kappa shape index (κ2) is 4.21. The van der Waals surface area contributed by atoms with Crippen LogP contribution in [0.1, 0.15) is 33.6 Å². The Bertz CT molecular complexity index is 123. The number of hydrogen-bond acceptors (Lipinski definition) is 3. The van der Waals surface area contributed by atoms with Gasteiger partial charge in [-0.3, -0.25) is 0 Å². The first-order valence-electron chi connectivity index (χ1n) is 4.38. The van der Waals surface area contributed by atoms with Gasteiger partial charge in [-0.1, -0.05) is 20.8 Å². The van der Waals surface area contributed by atoms with E-state index >= 15 is 0 Å². The Morgan fingerprint density at radius 1 is 1.00 bits per heavy atom. The lowest BCUT2D eigenvalue weighted by Crippen LogP contribution is -2.52. The molecule has 0 rings (SSSR count). The molecule has 0 aliphatic heterocycles. The molecule has 0 amide bonds. The Morgan fingerprint density at radius 3 is 1.50 bits per heavy atom. The van der Waals surface area contributed by atoms with Crippen molar-refractivity contribution in [3.63, 3.8) is 0 Å². The average molecular weight is 175 g/mol. The molecule has 0 aliphatic carbocycles. The second-order valence-corrected chi connectivity index (χ2v) is 4.35. The number of rotatable bonds is 4. The third-order valence-corrected chi connectivity index (χ3v) is 2.61. The SMILES string of the molecule is CC(C)(C)C(N)(CCO)CCO. The maximum absolute atomic E-state index is 8.83. The van der Waals surface area contributed by atoms with Gasteiger partial charge in [0, 0.05) is 18.8 Å². The van der Waals surface area contributed by atoms with Crippen LogP contribution in [0.4, 0.5) is 0 Å². The minimum absolute atomic E-state index is 0.0772. The fourth-order valence-corrected chi connectivity index (χ4v) is 1.27. The number of aliphatic hydroxyl groups excluding tert-OH is 2. The maximum atomic E-state index is 8.83. The van der Waals surface area contributed by atoms with Crippen molar-refractivity contribution >= 4 is 0 Å². The van der Waals surface area contributed by atoms with Crippen molar-refractivity contribution in [3.8, 4) is 0 Å². The maximum Gasteiger partial charge on any atom is 0.0448 e. The fraction of sp³-hybridized carbons (Fsp3) is 1.00. The molecule has 0 aliphatic rings. The topological polar surface area (TPSA) is 66.5 Å². The average Bonchev–Trinajstić information content (AvgIpc) is 1.86. The molecule has 3 heteroatoms. The van der Waals surface area contributed by atoms with Crippen LogP contribution in [0, 0.1) is 5.41 Å². The molecule has 3 nitrogen and oxygen atoms in total. The predicted molar refractivity (Wildman–Crippen MR) is 49.8 cm³/mol. The van der Waals surface area contributed by atoms with E-state index in [9.17, 15) is 0 Å². The number of aliphatic hydroxyl groups is 2. The minimum Gasteiger partial charge on any atom is -0.396 e. The molecular formula is C9H21NO2. The van der Waals surface area contributed by atoms with Crippen molar-refractivity contribution in [2.75, 3.05) is 13.2 Å². The van der Waals surface area contributed by atoms with Gasteiger partial charge >= 0.3 is 0 Å². The molecule has 0 atom stereocenters. The number of nitrogens with two attached hydrogens (primary N) is 1. The van der Waals surface area contributed by atoms with E-state index in [1.54, 1.807) is 0 Å². The van der Waals surface area contributed by atoms with Crippen molar-refractivity contribution in [3.05, 3.63) is 0 Å². The van der Waals surface area contributed by atoms with Gasteiger partial charge in [0.05, 0.1) is 0 Å². The Kier molecular flexibility index (Phi) is 4.17. The second-order valence-electron chi connectivity index (χ2n) is 4.35. The smallest absolute Gasteiger partial charge is 0.0448 e. The van der Waals surface area contributed by atoms with E-state index in [0.717, 1.165) is 0 Å². The molecule has 0 saturated heterocycles. The lowest BCUT2D eigenvalue weighted by atomic mass is 9.70. The molecule has 0 saturated carbocycles. The summed E-state index contributed by atoms with van der Waals surface area (Å²) >= 11 is 0. The zero-order valence-corrected chi connectivity index (χ0v) is 8.30. The summed E-state index contributed by atoms with van der Waals surface area (Å²) in [5.74, 6) is 0. The van der Waals surface area contributed by atoms with E-state index in [-0.39, 0.29) is 18.6 Å². The van der Waals surface area contributed by atoms with Crippen LogP contribution in [0.5, 0.6) is 0 Å². The van der Waals surface area contributed by atoms with Gasteiger partial charge in [0.25, 0.3) is 0 Å². The monoisotopic (exact) mass is 175 g/mol. The van der Waals surface area contributed by atoms with Crippen LogP contribution >= 0.6 is 0 Å². The van der Waals surface area contributed by atoms with Gasteiger partial charge in [0.15, 0.2) is 0 Å². The highest BCUT2D eigenvalue weighted by atomic mass is 16.3. The molecule has 0 aromatic rings. The van der Waals surface area contributed by atoms with Crippen molar-refractivity contribution < 1.29 is 10.2 Å². The van der Waals surface area contributed by atoms with Crippen molar-refractivity contribution in [2.24, 2.45) is 11.1 Å². The molecule has 0 aromatic heterocycles. The predicted octanol–water partition coefficient (Wildman–Crippen LogP) is 0.495. The van der Waals surface area contributed by atoms with Crippen LogP contribution < -0.4 is 5.73 Å². The number of hydrogen-bond donors (Lipinski definition) is 3. The summed E-state index contributed by atoms with van der Waals surface area (Å²) in [6.07, 6.45) is 1.08. The van der Waals surface area contributed by atoms with E-state index in [1.165, 1.54) is 0 Å². The van der Waals surface area contributed by atoms with Crippen molar-refractivity contribution in [1.82, 2.24) is 0 Å². The standard InChI is InChI=1S/C9H21NO2/c1-8(2,3)9(10,4-6-11)5-7-12/h11-12H,4-7,10H2,1-3H3. The summed E-state index contributed by atoms with van der Waals surface area (Å²) in [7, 11) is 0. The van der Waals surface area contributed by atoms with Crippen molar-refractivity contribution in [1.29, 1.82) is 0 Å². The molecule has 12 heavy (non-hydrogen) atoms. The minimum atomic E-state index is -0.462. The summed E-state index contributed by atoms with van der Waals surface area (Å²) in [5, 5.41) is 17.7. The summed E-state index contributed by atoms with van der Waals surface area (Å²) in [5.41, 5.74) is 5.53. The Balaban J connectivity index is 4.38. The highest BCUT2D eigenvalue weighted by molar-refractivity contribution is 4.94. The lowest BCUT2D eigenvalue weighted by Gasteiger charge is -2.41. The molecule has 0 bridgehead atoms. The van der Waals surface area contributed by atoms with Crippen LogP contribution in [-0.2, 0) is 0 Å². The molecule has 0 spiro atoms. The van der Waals surface area contributed by atoms with E-state index < -0.39 is 5.54 Å². The summed E-state index contributed by atoms with van der Waals surface area (Å²) in [6, 6.07) is 0. The first-order valence-corrected chi connectivity index (χ1v) is 4.38. The van der Waals surface area contributed by atoms with E-state index in [4.69, 9.17) is 15.9 Å². The molecule has 4 N–H and O–H groups in total. The lowest BCUT2D eigenvalue weighted by molar-refractivity contribution is 0.103. The van der Waals surface area contributed by atoms with Crippen molar-refractivity contribution in [2.45, 2.75) is 39.2 Å². The Labute approximate surface area is 74.6 Å². The van der Waals surface area contributed by atoms with Gasteiger partial charge in [0.2, 0.25) is 0 Å². The van der Waals surface area contributed by atoms with Crippen LogP contribution in [0.2, 0.25) is 0 Å². The summed E-state index contributed by atoms with van der Waals surface area (Å²) in [4.78, 5) is 0. The van der Waals surface area contributed by atoms with Crippen LogP contribution in [-0.4, -0.2) is 29.0 Å². The molecular weight excluding hydrogens is 154 g/mol. The third kappa shape index (κ3) is 2.73. The quantitative estimate of drug-likeness (QED) is 0.582. The largest absolute Gasteiger partial charge is 0.396 e. The Morgan fingerprint density at radius 2 is 1.33 bits per heavy atom. The zero-order valence-electron chi connectivity index (χ0n) is 8.30. The highest BCUT2D eigenvalue weighted by Crippen LogP contribution is 2.33. The van der Waals surface area contributed by atoms with E-state index in [1.807, 2.05) is 20.8 Å². The van der Waals surface area contributed by atoms with Gasteiger partial charge in [-0.05, 0) is 18.3 Å². The van der Waals surface area contributed by atoms with Gasteiger partial charge in [-0.25, -0.2) is 0 Å². The molecule has 0 unspecified atom stereocenters. The summed E-state index contributed by atoms with van der Waals surface area (Å²) < 4.78 is 0. The zero-order chi connectivity index (χ0) is 9.83. The molecule has 0 heterocycles. The van der Waals surface area contributed by atoms with Crippen LogP contribution in [0.3, 0.4) is 0 Å². The molecule has 0 radical (unpaired) electrons. The Hall–Kier alpha value is -0.120. The molecule has 0 fully saturated rings. The van der Waals surface area contributed by atoms with Gasteiger partial charge in [-0.2, -0.15) is 0 Å². The van der Waals surface area contributed by atoms with Gasteiger partial charge < -0.3 is 15.9 Å². The highest BCUT2D eigenvalue weighted by Gasteiger charge is 2.36.